The molecule has 0 aromatic rings. The standard InChI is InChI=1S/C14H26Br2O2/c1-2-3-4-5-6-9-12-18-14(17)13(16)10-7-8-11-15/h13H,2-12H2,1H3. The largest absolute Gasteiger partial charge is 0.465 e. The van der Waals surface area contributed by atoms with Crippen LogP contribution in [0.3, 0.4) is 0 Å². The Balaban J connectivity index is 3.35. The van der Waals surface area contributed by atoms with Crippen molar-refractivity contribution in [3.8, 4) is 0 Å². The molecule has 0 heterocycles. The third-order valence-electron chi connectivity index (χ3n) is 2.84. The number of rotatable bonds is 12. The molecule has 0 bridgehead atoms. The van der Waals surface area contributed by atoms with Crippen molar-refractivity contribution < 1.29 is 9.53 Å². The maximum atomic E-state index is 11.6. The number of hydrogen-bond acceptors (Lipinski definition) is 2. The molecule has 0 aromatic carbocycles. The Hall–Kier alpha value is 0.430. The average Bonchev–Trinajstić information content (AvgIpc) is 2.37. The van der Waals surface area contributed by atoms with Gasteiger partial charge in [-0.2, -0.15) is 0 Å². The SMILES string of the molecule is CCCCCCCCOC(=O)C(Br)CCCCBr. The Morgan fingerprint density at radius 3 is 2.39 bits per heavy atom. The second-order valence-corrected chi connectivity index (χ2v) is 6.49. The molecule has 0 fully saturated rings. The van der Waals surface area contributed by atoms with Crippen molar-refractivity contribution in [2.75, 3.05) is 11.9 Å². The summed E-state index contributed by atoms with van der Waals surface area (Å²) in [5, 5.41) is 1.000. The van der Waals surface area contributed by atoms with E-state index in [0.717, 1.165) is 31.0 Å². The first-order chi connectivity index (χ1) is 8.72. The van der Waals surface area contributed by atoms with Gasteiger partial charge in [0.05, 0.1) is 6.61 Å². The van der Waals surface area contributed by atoms with Gasteiger partial charge in [0.25, 0.3) is 0 Å². The smallest absolute Gasteiger partial charge is 0.319 e. The monoisotopic (exact) mass is 384 g/mol. The van der Waals surface area contributed by atoms with Crippen LogP contribution in [0.4, 0.5) is 0 Å². The Bertz CT molecular complexity index is 198. The van der Waals surface area contributed by atoms with Crippen LogP contribution in [0.25, 0.3) is 0 Å². The molecule has 0 aromatic heterocycles. The van der Waals surface area contributed by atoms with Gasteiger partial charge >= 0.3 is 5.97 Å². The van der Waals surface area contributed by atoms with E-state index in [0.29, 0.717) is 6.61 Å². The van der Waals surface area contributed by atoms with Crippen molar-refractivity contribution in [1.82, 2.24) is 0 Å². The zero-order valence-electron chi connectivity index (χ0n) is 11.4. The van der Waals surface area contributed by atoms with E-state index in [1.807, 2.05) is 0 Å². The molecule has 0 N–H and O–H groups in total. The molecule has 1 unspecified atom stereocenters. The van der Waals surface area contributed by atoms with Gasteiger partial charge in [-0.15, -0.1) is 0 Å². The molecule has 18 heavy (non-hydrogen) atoms. The highest BCUT2D eigenvalue weighted by Crippen LogP contribution is 2.13. The number of esters is 1. The number of halogens is 2. The van der Waals surface area contributed by atoms with Crippen molar-refractivity contribution >= 4 is 37.8 Å². The van der Waals surface area contributed by atoms with E-state index in [1.165, 1.54) is 32.1 Å². The third-order valence-corrected chi connectivity index (χ3v) is 4.23. The van der Waals surface area contributed by atoms with Crippen LogP contribution in [0.15, 0.2) is 0 Å². The molecular formula is C14H26Br2O2. The van der Waals surface area contributed by atoms with Gasteiger partial charge < -0.3 is 4.74 Å². The molecule has 0 saturated carbocycles. The zero-order valence-corrected chi connectivity index (χ0v) is 14.6. The van der Waals surface area contributed by atoms with Crippen LogP contribution in [-0.2, 0) is 9.53 Å². The molecule has 0 amide bonds. The number of hydrogen-bond donors (Lipinski definition) is 0. The molecule has 0 spiro atoms. The summed E-state index contributed by atoms with van der Waals surface area (Å²) < 4.78 is 5.24. The molecule has 4 heteroatoms. The van der Waals surface area contributed by atoms with E-state index in [2.05, 4.69) is 38.8 Å². The Morgan fingerprint density at radius 2 is 1.72 bits per heavy atom. The highest BCUT2D eigenvalue weighted by atomic mass is 79.9. The highest BCUT2D eigenvalue weighted by molar-refractivity contribution is 9.10. The maximum absolute atomic E-state index is 11.6. The fourth-order valence-electron chi connectivity index (χ4n) is 1.68. The molecule has 0 radical (unpaired) electrons. The van der Waals surface area contributed by atoms with Gasteiger partial charge in [-0.1, -0.05) is 77.3 Å². The van der Waals surface area contributed by atoms with E-state index in [4.69, 9.17) is 4.74 Å². The lowest BCUT2D eigenvalue weighted by molar-refractivity contribution is -0.143. The van der Waals surface area contributed by atoms with E-state index in [1.54, 1.807) is 0 Å². The predicted octanol–water partition coefficient (Wildman–Crippen LogP) is 5.22. The van der Waals surface area contributed by atoms with E-state index in [-0.39, 0.29) is 10.8 Å². The summed E-state index contributed by atoms with van der Waals surface area (Å²) in [5.74, 6) is -0.0990. The van der Waals surface area contributed by atoms with E-state index in [9.17, 15) is 4.79 Å². The lowest BCUT2D eigenvalue weighted by Gasteiger charge is -2.09. The quantitative estimate of drug-likeness (QED) is 0.261. The molecule has 0 rings (SSSR count). The number of unbranched alkanes of at least 4 members (excludes halogenated alkanes) is 6. The van der Waals surface area contributed by atoms with E-state index >= 15 is 0 Å². The summed E-state index contributed by atoms with van der Waals surface area (Å²) in [6, 6.07) is 0. The summed E-state index contributed by atoms with van der Waals surface area (Å²) in [7, 11) is 0. The number of alkyl halides is 2. The van der Waals surface area contributed by atoms with E-state index < -0.39 is 0 Å². The van der Waals surface area contributed by atoms with Crippen molar-refractivity contribution in [3.05, 3.63) is 0 Å². The van der Waals surface area contributed by atoms with Crippen LogP contribution >= 0.6 is 31.9 Å². The second kappa shape index (κ2) is 13.9. The summed E-state index contributed by atoms with van der Waals surface area (Å²) in [4.78, 5) is 11.5. The van der Waals surface area contributed by atoms with Crippen molar-refractivity contribution in [3.63, 3.8) is 0 Å². The minimum atomic E-state index is -0.128. The highest BCUT2D eigenvalue weighted by Gasteiger charge is 2.15. The van der Waals surface area contributed by atoms with Gasteiger partial charge in [-0.25, -0.2) is 0 Å². The fraction of sp³-hybridized carbons (Fsp3) is 0.929. The molecule has 1 atom stereocenters. The molecule has 0 saturated heterocycles. The van der Waals surface area contributed by atoms with Crippen LogP contribution in [0.5, 0.6) is 0 Å². The van der Waals surface area contributed by atoms with Crippen LogP contribution in [0.2, 0.25) is 0 Å². The van der Waals surface area contributed by atoms with Crippen LogP contribution in [-0.4, -0.2) is 22.7 Å². The predicted molar refractivity (Wildman–Crippen MR) is 84.7 cm³/mol. The minimum absolute atomic E-state index is 0.0990. The summed E-state index contributed by atoms with van der Waals surface area (Å²) in [6.45, 7) is 2.79. The number of carbonyl (C=O) groups is 1. The Kier molecular flexibility index (Phi) is 14.2. The lowest BCUT2D eigenvalue weighted by Crippen LogP contribution is -2.18. The number of carbonyl (C=O) groups excluding carboxylic acids is 1. The molecule has 2 nitrogen and oxygen atoms in total. The van der Waals surface area contributed by atoms with Crippen molar-refractivity contribution in [1.29, 1.82) is 0 Å². The van der Waals surface area contributed by atoms with Crippen LogP contribution in [0, 0.1) is 0 Å². The second-order valence-electron chi connectivity index (χ2n) is 4.59. The molecule has 0 aliphatic carbocycles. The molecule has 0 aliphatic rings. The van der Waals surface area contributed by atoms with Gasteiger partial charge in [0, 0.05) is 5.33 Å². The first kappa shape index (κ1) is 18.4. The van der Waals surface area contributed by atoms with Gasteiger partial charge in [-0.3, -0.25) is 4.79 Å². The zero-order chi connectivity index (χ0) is 13.6. The van der Waals surface area contributed by atoms with Crippen LogP contribution in [0.1, 0.15) is 64.7 Å². The first-order valence-electron chi connectivity index (χ1n) is 7.09. The lowest BCUT2D eigenvalue weighted by atomic mass is 10.1. The summed E-state index contributed by atoms with van der Waals surface area (Å²) >= 11 is 6.77. The normalized spacial score (nSPS) is 12.4. The Labute approximate surface area is 128 Å². The molecular weight excluding hydrogens is 360 g/mol. The topological polar surface area (TPSA) is 26.3 Å². The van der Waals surface area contributed by atoms with Crippen molar-refractivity contribution in [2.24, 2.45) is 0 Å². The Morgan fingerprint density at radius 1 is 1.06 bits per heavy atom. The van der Waals surface area contributed by atoms with Crippen molar-refractivity contribution in [2.45, 2.75) is 69.5 Å². The minimum Gasteiger partial charge on any atom is -0.465 e. The van der Waals surface area contributed by atoms with Gasteiger partial charge in [-0.05, 0) is 19.3 Å². The summed E-state index contributed by atoms with van der Waals surface area (Å²) in [5.41, 5.74) is 0. The first-order valence-corrected chi connectivity index (χ1v) is 9.12. The van der Waals surface area contributed by atoms with Gasteiger partial charge in [0.2, 0.25) is 0 Å². The maximum Gasteiger partial charge on any atom is 0.319 e. The molecule has 0 aliphatic heterocycles. The van der Waals surface area contributed by atoms with Gasteiger partial charge in [0.15, 0.2) is 0 Å². The average molecular weight is 386 g/mol. The third kappa shape index (κ3) is 11.5. The molecule has 108 valence electrons. The van der Waals surface area contributed by atoms with Gasteiger partial charge in [0.1, 0.15) is 4.83 Å². The van der Waals surface area contributed by atoms with Crippen LogP contribution < -0.4 is 0 Å². The number of ether oxygens (including phenoxy) is 1. The fourth-order valence-corrected chi connectivity index (χ4v) is 2.53. The summed E-state index contributed by atoms with van der Waals surface area (Å²) in [6.07, 6.45) is 10.3.